The first-order valence-electron chi connectivity index (χ1n) is 13.8. The van der Waals surface area contributed by atoms with E-state index in [4.69, 9.17) is 40.8 Å². The fraction of sp³-hybridized carbons (Fsp3) is 0.556. The number of halogens is 2. The zero-order chi connectivity index (χ0) is 29.6. The quantitative estimate of drug-likeness (QED) is 0.0815. The predicted octanol–water partition coefficient (Wildman–Crippen LogP) is 4.58. The van der Waals surface area contributed by atoms with E-state index in [2.05, 4.69) is 35.6 Å². The van der Waals surface area contributed by atoms with Crippen molar-refractivity contribution in [3.05, 3.63) is 39.6 Å². The molecule has 15 heteroatoms. The molecule has 0 unspecified atom stereocenters. The van der Waals surface area contributed by atoms with Gasteiger partial charge in [-0.25, -0.2) is 14.4 Å². The lowest BCUT2D eigenvalue weighted by Gasteiger charge is -2.23. The van der Waals surface area contributed by atoms with Crippen molar-refractivity contribution in [1.82, 2.24) is 20.3 Å². The molecule has 0 atom stereocenters. The number of hydrogen-bond donors (Lipinski definition) is 3. The largest absolute Gasteiger partial charge is 0.493 e. The minimum absolute atomic E-state index is 0.191. The van der Waals surface area contributed by atoms with Crippen LogP contribution in [0.15, 0.2) is 23.4 Å². The first-order chi connectivity index (χ1) is 20.6. The van der Waals surface area contributed by atoms with Crippen molar-refractivity contribution in [2.45, 2.75) is 12.8 Å². The SMILES string of the molecule is COc1cc(-c2nc3c(NCC4CCNCC4)c(Cl)cnc3[nH]2)c(F)cc1OCCOCCOCCOCCN=[N+]=[N-]. The number of anilines is 1. The summed E-state index contributed by atoms with van der Waals surface area (Å²) in [4.78, 5) is 14.7. The van der Waals surface area contributed by atoms with Crippen LogP contribution in [0.25, 0.3) is 33.0 Å². The number of rotatable bonds is 18. The van der Waals surface area contributed by atoms with E-state index in [-0.39, 0.29) is 24.5 Å². The van der Waals surface area contributed by atoms with Crippen LogP contribution >= 0.6 is 11.6 Å². The number of nitrogens with zero attached hydrogens (tertiary/aromatic N) is 5. The van der Waals surface area contributed by atoms with Crippen LogP contribution in [0.5, 0.6) is 11.5 Å². The van der Waals surface area contributed by atoms with Gasteiger partial charge < -0.3 is 39.3 Å². The molecule has 2 aromatic heterocycles. The molecule has 1 aliphatic heterocycles. The van der Waals surface area contributed by atoms with Gasteiger partial charge in [-0.1, -0.05) is 16.7 Å². The van der Waals surface area contributed by atoms with E-state index >= 15 is 4.39 Å². The summed E-state index contributed by atoms with van der Waals surface area (Å²) in [6, 6.07) is 2.80. The highest BCUT2D eigenvalue weighted by Crippen LogP contribution is 2.36. The monoisotopic (exact) mass is 606 g/mol. The van der Waals surface area contributed by atoms with Crippen molar-refractivity contribution in [2.75, 3.05) is 84.9 Å². The third-order valence-corrected chi connectivity index (χ3v) is 6.92. The van der Waals surface area contributed by atoms with Crippen LogP contribution in [-0.2, 0) is 14.2 Å². The third-order valence-electron chi connectivity index (χ3n) is 6.63. The lowest BCUT2D eigenvalue weighted by Crippen LogP contribution is -2.31. The molecule has 13 nitrogen and oxygen atoms in total. The summed E-state index contributed by atoms with van der Waals surface area (Å²) in [6.07, 6.45) is 3.73. The second-order valence-electron chi connectivity index (χ2n) is 9.46. The first kappa shape index (κ1) is 31.5. The summed E-state index contributed by atoms with van der Waals surface area (Å²) in [5, 5.41) is 10.6. The number of ether oxygens (including phenoxy) is 5. The van der Waals surface area contributed by atoms with E-state index in [1.54, 1.807) is 6.20 Å². The zero-order valence-corrected chi connectivity index (χ0v) is 24.3. The summed E-state index contributed by atoms with van der Waals surface area (Å²) in [7, 11) is 1.49. The Labute approximate surface area is 248 Å². The lowest BCUT2D eigenvalue weighted by atomic mass is 9.98. The highest BCUT2D eigenvalue weighted by molar-refractivity contribution is 6.34. The molecule has 0 saturated carbocycles. The average Bonchev–Trinajstić information content (AvgIpc) is 3.44. The number of aromatic amines is 1. The lowest BCUT2D eigenvalue weighted by molar-refractivity contribution is 0.0104. The van der Waals surface area contributed by atoms with Gasteiger partial charge in [0.25, 0.3) is 0 Å². The number of aromatic nitrogens is 3. The van der Waals surface area contributed by atoms with Gasteiger partial charge in [0.2, 0.25) is 0 Å². The van der Waals surface area contributed by atoms with Gasteiger partial charge in [-0.2, -0.15) is 0 Å². The highest BCUT2D eigenvalue weighted by Gasteiger charge is 2.20. The topological polar surface area (TPSA) is 161 Å². The Morgan fingerprint density at radius 2 is 1.79 bits per heavy atom. The first-order valence-corrected chi connectivity index (χ1v) is 14.2. The summed E-state index contributed by atoms with van der Waals surface area (Å²) < 4.78 is 42.6. The van der Waals surface area contributed by atoms with Crippen LogP contribution in [0.3, 0.4) is 0 Å². The fourth-order valence-electron chi connectivity index (χ4n) is 4.45. The van der Waals surface area contributed by atoms with E-state index < -0.39 is 5.82 Å². The second kappa shape index (κ2) is 16.9. The van der Waals surface area contributed by atoms with Crippen LogP contribution in [0.1, 0.15) is 12.8 Å². The molecule has 4 rings (SSSR count). The molecule has 0 spiro atoms. The molecule has 3 heterocycles. The van der Waals surface area contributed by atoms with Gasteiger partial charge in [-0.05, 0) is 43.4 Å². The number of H-pyrrole nitrogens is 1. The molecule has 3 aromatic rings. The van der Waals surface area contributed by atoms with Crippen LogP contribution < -0.4 is 20.1 Å². The molecular weight excluding hydrogens is 571 g/mol. The van der Waals surface area contributed by atoms with Crippen LogP contribution in [0, 0.1) is 11.7 Å². The maximum absolute atomic E-state index is 15.3. The number of nitrogens with one attached hydrogen (secondary N) is 3. The standard InChI is InChI=1S/C27H36ClFN8O5/c1-38-22-14-19(21(29)15-23(22)42-13-12-41-11-10-40-9-8-39-7-6-34-37-30)26-35-25-24(20(28)17-33-27(25)36-26)32-16-18-2-4-31-5-3-18/h14-15,17-18,31H,2-13,16H2,1H3,(H2,32,33,35,36). The molecule has 3 N–H and O–H groups in total. The maximum Gasteiger partial charge on any atom is 0.164 e. The Morgan fingerprint density at radius 3 is 2.50 bits per heavy atom. The summed E-state index contributed by atoms with van der Waals surface area (Å²) in [6.45, 7) is 5.45. The summed E-state index contributed by atoms with van der Waals surface area (Å²) in [5.41, 5.74) is 10.1. The normalized spacial score (nSPS) is 13.7. The molecule has 1 fully saturated rings. The van der Waals surface area contributed by atoms with Crippen LogP contribution in [-0.4, -0.2) is 94.5 Å². The summed E-state index contributed by atoms with van der Waals surface area (Å²) >= 11 is 6.47. The second-order valence-corrected chi connectivity index (χ2v) is 9.87. The van der Waals surface area contributed by atoms with Crippen molar-refractivity contribution in [3.8, 4) is 22.9 Å². The van der Waals surface area contributed by atoms with Crippen molar-refractivity contribution in [3.63, 3.8) is 0 Å². The van der Waals surface area contributed by atoms with Crippen LogP contribution in [0.4, 0.5) is 10.1 Å². The van der Waals surface area contributed by atoms with Gasteiger partial charge in [-0.15, -0.1) is 0 Å². The number of piperidine rings is 1. The van der Waals surface area contributed by atoms with Gasteiger partial charge in [0.15, 0.2) is 17.1 Å². The molecule has 228 valence electrons. The Balaban J connectivity index is 1.29. The molecule has 42 heavy (non-hydrogen) atoms. The number of imidazole rings is 1. The van der Waals surface area contributed by atoms with Crippen molar-refractivity contribution < 1.29 is 28.1 Å². The number of pyridine rings is 1. The highest BCUT2D eigenvalue weighted by atomic mass is 35.5. The smallest absolute Gasteiger partial charge is 0.164 e. The Morgan fingerprint density at radius 1 is 1.07 bits per heavy atom. The fourth-order valence-corrected chi connectivity index (χ4v) is 4.66. The predicted molar refractivity (Wildman–Crippen MR) is 157 cm³/mol. The van der Waals surface area contributed by atoms with E-state index in [1.165, 1.54) is 19.2 Å². The van der Waals surface area contributed by atoms with Gasteiger partial charge in [0.05, 0.1) is 69.2 Å². The minimum atomic E-state index is -0.531. The third kappa shape index (κ3) is 9.05. The van der Waals surface area contributed by atoms with Crippen molar-refractivity contribution in [2.24, 2.45) is 11.0 Å². The molecule has 0 amide bonds. The van der Waals surface area contributed by atoms with E-state index in [1.807, 2.05) is 0 Å². The van der Waals surface area contributed by atoms with Gasteiger partial charge in [-0.3, -0.25) is 0 Å². The maximum atomic E-state index is 15.3. The number of fused-ring (bicyclic) bond motifs is 1. The minimum Gasteiger partial charge on any atom is -0.493 e. The van der Waals surface area contributed by atoms with Crippen molar-refractivity contribution >= 4 is 28.5 Å². The van der Waals surface area contributed by atoms with Crippen molar-refractivity contribution in [1.29, 1.82) is 0 Å². The Kier molecular flexibility index (Phi) is 12.7. The number of hydrogen-bond acceptors (Lipinski definition) is 10. The molecule has 0 aliphatic carbocycles. The Hall–Kier alpha value is -3.39. The summed E-state index contributed by atoms with van der Waals surface area (Å²) in [5.74, 6) is 0.904. The molecular formula is C27H36ClFN8O5. The zero-order valence-electron chi connectivity index (χ0n) is 23.5. The van der Waals surface area contributed by atoms with E-state index in [9.17, 15) is 0 Å². The average molecular weight is 607 g/mol. The molecule has 0 bridgehead atoms. The molecule has 0 radical (unpaired) electrons. The van der Waals surface area contributed by atoms with E-state index in [0.717, 1.165) is 32.5 Å². The van der Waals surface area contributed by atoms with Crippen LogP contribution in [0.2, 0.25) is 5.02 Å². The number of azide groups is 1. The van der Waals surface area contributed by atoms with E-state index in [0.29, 0.717) is 78.9 Å². The van der Waals surface area contributed by atoms with Gasteiger partial charge in [0, 0.05) is 24.1 Å². The molecule has 1 saturated heterocycles. The van der Waals surface area contributed by atoms with Gasteiger partial charge in [0.1, 0.15) is 23.8 Å². The Bertz CT molecular complexity index is 1330. The number of methoxy groups -OCH3 is 1. The number of benzene rings is 1. The molecule has 1 aromatic carbocycles. The molecule has 1 aliphatic rings. The van der Waals surface area contributed by atoms with Gasteiger partial charge >= 0.3 is 0 Å².